The van der Waals surface area contributed by atoms with Crippen molar-refractivity contribution < 1.29 is 23.8 Å². The number of likely N-dealkylation sites (N-methyl/N-ethyl adjacent to an activating group) is 1. The Bertz CT molecular complexity index is 1260. The second kappa shape index (κ2) is 9.43. The van der Waals surface area contributed by atoms with Crippen LogP contribution in [0.5, 0.6) is 0 Å². The zero-order valence-corrected chi connectivity index (χ0v) is 20.3. The van der Waals surface area contributed by atoms with Crippen LogP contribution < -0.4 is 5.73 Å². The monoisotopic (exact) mass is 464 g/mol. The normalized spacial score (nSPS) is 15.2. The highest BCUT2D eigenvalue weighted by Crippen LogP contribution is 2.41. The van der Waals surface area contributed by atoms with Crippen molar-refractivity contribution in [1.29, 1.82) is 0 Å². The third kappa shape index (κ3) is 4.20. The Kier molecular flexibility index (Phi) is 6.73. The first kappa shape index (κ1) is 24.3. The Morgan fingerprint density at radius 1 is 1.06 bits per heavy atom. The quantitative estimate of drug-likeness (QED) is 0.385. The number of benzene rings is 2. The molecule has 34 heavy (non-hydrogen) atoms. The minimum absolute atomic E-state index is 0.106. The second-order valence-electron chi connectivity index (χ2n) is 9.49. The number of nitrogens with two attached hydrogens (primary N) is 1. The lowest BCUT2D eigenvalue weighted by molar-refractivity contribution is -0.123. The largest absolute Gasteiger partial charge is 0.459 e. The van der Waals surface area contributed by atoms with Gasteiger partial charge in [0.05, 0.1) is 24.8 Å². The van der Waals surface area contributed by atoms with Crippen LogP contribution in [0.2, 0.25) is 0 Å². The van der Waals surface area contributed by atoms with Crippen molar-refractivity contribution in [3.05, 3.63) is 58.3 Å². The highest BCUT2D eigenvalue weighted by Gasteiger charge is 2.37. The van der Waals surface area contributed by atoms with E-state index in [2.05, 4.69) is 0 Å². The molecule has 0 aliphatic heterocycles. The van der Waals surface area contributed by atoms with Crippen LogP contribution >= 0.6 is 0 Å². The van der Waals surface area contributed by atoms with E-state index >= 15 is 0 Å². The van der Waals surface area contributed by atoms with E-state index in [0.717, 1.165) is 16.3 Å². The lowest BCUT2D eigenvalue weighted by Crippen LogP contribution is -2.41. The molecular formula is C27H32N2O5. The molecule has 0 bridgehead atoms. The number of ketones is 2. The average molecular weight is 465 g/mol. The molecule has 7 heteroatoms. The zero-order chi connectivity index (χ0) is 24.7. The standard InChI is InChI=1S/C27H32N2O5/c1-14(2)23(28)27(32)33-12-11-29(5)13-20-16(4)21-24(30)25(31)22-18-8-6-7-15(3)17(18)9-10-19(22)26(21)34-20/h6-10,14,23,27,32H,11-13,28H2,1-5H3/t23-,27?/m0/s1. The fourth-order valence-electron chi connectivity index (χ4n) is 4.44. The SMILES string of the molecule is Cc1c(CN(C)CCOC(O)[C@@H](N)C(C)C)oc2c1C(=O)C(=O)c1c-2ccc2c(C)cccc12. The van der Waals surface area contributed by atoms with Crippen molar-refractivity contribution in [2.45, 2.75) is 46.6 Å². The number of aliphatic hydroxyl groups excluding tert-OH is 1. The first-order valence-electron chi connectivity index (χ1n) is 11.6. The van der Waals surface area contributed by atoms with Crippen molar-refractivity contribution >= 4 is 22.3 Å². The van der Waals surface area contributed by atoms with E-state index in [-0.39, 0.29) is 5.92 Å². The Labute approximate surface area is 199 Å². The molecule has 0 spiro atoms. The Hall–Kier alpha value is -2.84. The number of aryl methyl sites for hydroxylation is 1. The summed E-state index contributed by atoms with van der Waals surface area (Å²) in [6, 6.07) is 9.16. The van der Waals surface area contributed by atoms with Crippen molar-refractivity contribution in [1.82, 2.24) is 4.90 Å². The number of furan rings is 1. The fraction of sp³-hybridized carbons (Fsp3) is 0.407. The molecule has 3 aromatic rings. The average Bonchev–Trinajstić information content (AvgIpc) is 3.12. The molecule has 0 saturated carbocycles. The van der Waals surface area contributed by atoms with Gasteiger partial charge in [-0.3, -0.25) is 14.5 Å². The number of hydrogen-bond donors (Lipinski definition) is 2. The predicted molar refractivity (Wildman–Crippen MR) is 131 cm³/mol. The number of rotatable bonds is 8. The van der Waals surface area contributed by atoms with E-state index in [1.54, 1.807) is 0 Å². The van der Waals surface area contributed by atoms with Gasteiger partial charge in [0, 0.05) is 23.2 Å². The maximum Gasteiger partial charge on any atom is 0.237 e. The number of Topliss-reactive ketones (excluding diaryl/α,β-unsaturated/α-hetero) is 2. The summed E-state index contributed by atoms with van der Waals surface area (Å²) in [6.07, 6.45) is -1.02. The molecule has 4 rings (SSSR count). The molecule has 1 heterocycles. The van der Waals surface area contributed by atoms with Gasteiger partial charge in [-0.2, -0.15) is 0 Å². The molecule has 1 unspecified atom stereocenters. The van der Waals surface area contributed by atoms with Gasteiger partial charge in [-0.15, -0.1) is 0 Å². The maximum atomic E-state index is 13.1. The Morgan fingerprint density at radius 2 is 1.76 bits per heavy atom. The van der Waals surface area contributed by atoms with Gasteiger partial charge in [-0.25, -0.2) is 0 Å². The first-order valence-corrected chi connectivity index (χ1v) is 11.6. The highest BCUT2D eigenvalue weighted by molar-refractivity contribution is 6.54. The van der Waals surface area contributed by atoms with Crippen LogP contribution in [0.15, 0.2) is 34.7 Å². The van der Waals surface area contributed by atoms with E-state index < -0.39 is 23.9 Å². The number of ether oxygens (including phenoxy) is 1. The minimum atomic E-state index is -1.02. The summed E-state index contributed by atoms with van der Waals surface area (Å²) in [5, 5.41) is 11.8. The van der Waals surface area contributed by atoms with Crippen molar-refractivity contribution in [3.8, 4) is 11.3 Å². The van der Waals surface area contributed by atoms with Crippen LogP contribution in [0, 0.1) is 19.8 Å². The third-order valence-corrected chi connectivity index (χ3v) is 6.70. The Balaban J connectivity index is 1.58. The second-order valence-corrected chi connectivity index (χ2v) is 9.49. The lowest BCUT2D eigenvalue weighted by Gasteiger charge is -2.23. The molecule has 3 N–H and O–H groups in total. The summed E-state index contributed by atoms with van der Waals surface area (Å²) in [5.41, 5.74) is 9.06. The molecule has 7 nitrogen and oxygen atoms in total. The van der Waals surface area contributed by atoms with Crippen LogP contribution in [-0.4, -0.2) is 54.1 Å². The number of fused-ring (bicyclic) bond motifs is 5. The minimum Gasteiger partial charge on any atom is -0.459 e. The third-order valence-electron chi connectivity index (χ3n) is 6.70. The van der Waals surface area contributed by atoms with Gasteiger partial charge in [0.2, 0.25) is 11.6 Å². The van der Waals surface area contributed by atoms with Gasteiger partial charge < -0.3 is 20.0 Å². The van der Waals surface area contributed by atoms with Crippen LogP contribution in [0.1, 0.15) is 51.5 Å². The molecule has 0 amide bonds. The van der Waals surface area contributed by atoms with Crippen LogP contribution in [0.25, 0.3) is 22.1 Å². The van der Waals surface area contributed by atoms with E-state index in [0.29, 0.717) is 53.5 Å². The zero-order valence-electron chi connectivity index (χ0n) is 20.3. The predicted octanol–water partition coefficient (Wildman–Crippen LogP) is 3.85. The van der Waals surface area contributed by atoms with Crippen LogP contribution in [-0.2, 0) is 11.3 Å². The fourth-order valence-corrected chi connectivity index (χ4v) is 4.44. The number of nitrogens with zero attached hydrogens (tertiary/aromatic N) is 1. The number of carbonyl (C=O) groups excluding carboxylic acids is 2. The lowest BCUT2D eigenvalue weighted by atomic mass is 9.83. The molecule has 2 atom stereocenters. The number of carbonyl (C=O) groups is 2. The summed E-state index contributed by atoms with van der Waals surface area (Å²) in [5.74, 6) is 0.171. The summed E-state index contributed by atoms with van der Waals surface area (Å²) < 4.78 is 11.7. The topological polar surface area (TPSA) is 106 Å². The van der Waals surface area contributed by atoms with Gasteiger partial charge in [0.1, 0.15) is 11.5 Å². The molecule has 2 aromatic carbocycles. The Morgan fingerprint density at radius 3 is 2.47 bits per heavy atom. The molecule has 1 aromatic heterocycles. The molecule has 0 fully saturated rings. The van der Waals surface area contributed by atoms with Crippen LogP contribution in [0.3, 0.4) is 0 Å². The molecule has 180 valence electrons. The summed E-state index contributed by atoms with van der Waals surface area (Å²) in [6.45, 7) is 8.91. The molecule has 1 aliphatic rings. The highest BCUT2D eigenvalue weighted by atomic mass is 16.6. The van der Waals surface area contributed by atoms with Gasteiger partial charge >= 0.3 is 0 Å². The van der Waals surface area contributed by atoms with Gasteiger partial charge in [0.25, 0.3) is 0 Å². The smallest absolute Gasteiger partial charge is 0.237 e. The molecule has 1 aliphatic carbocycles. The summed E-state index contributed by atoms with van der Waals surface area (Å²) >= 11 is 0. The van der Waals surface area contributed by atoms with E-state index in [9.17, 15) is 14.7 Å². The van der Waals surface area contributed by atoms with Crippen molar-refractivity contribution in [2.24, 2.45) is 11.7 Å². The summed E-state index contributed by atoms with van der Waals surface area (Å²) in [7, 11) is 1.90. The van der Waals surface area contributed by atoms with Gasteiger partial charge in [-0.05, 0) is 49.2 Å². The molecular weight excluding hydrogens is 432 g/mol. The maximum absolute atomic E-state index is 13.1. The van der Waals surface area contributed by atoms with Crippen LogP contribution in [0.4, 0.5) is 0 Å². The van der Waals surface area contributed by atoms with E-state index in [1.165, 1.54) is 0 Å². The van der Waals surface area contributed by atoms with E-state index in [1.807, 2.05) is 70.0 Å². The number of aliphatic hydroxyl groups is 1. The summed E-state index contributed by atoms with van der Waals surface area (Å²) in [4.78, 5) is 28.2. The van der Waals surface area contributed by atoms with Gasteiger partial charge in [0.15, 0.2) is 6.29 Å². The number of hydrogen-bond acceptors (Lipinski definition) is 7. The van der Waals surface area contributed by atoms with Crippen molar-refractivity contribution in [2.75, 3.05) is 20.2 Å². The van der Waals surface area contributed by atoms with Crippen molar-refractivity contribution in [3.63, 3.8) is 0 Å². The molecule has 0 saturated heterocycles. The first-order chi connectivity index (χ1) is 16.1. The molecule has 0 radical (unpaired) electrons. The van der Waals surface area contributed by atoms with Gasteiger partial charge in [-0.1, -0.05) is 38.1 Å². The van der Waals surface area contributed by atoms with E-state index in [4.69, 9.17) is 14.9 Å².